The molecule has 0 aliphatic heterocycles. The van der Waals surface area contributed by atoms with Crippen LogP contribution in [0.4, 0.5) is 4.39 Å². The average Bonchev–Trinajstić information content (AvgIpc) is 2.62. The summed E-state index contributed by atoms with van der Waals surface area (Å²) in [7, 11) is 1.35. The second-order valence-electron chi connectivity index (χ2n) is 7.95. The van der Waals surface area contributed by atoms with Gasteiger partial charge in [-0.3, -0.25) is 4.79 Å². The largest absolute Gasteiger partial charge is 0.494 e. The minimum atomic E-state index is -0.716. The number of ether oxygens (including phenoxy) is 2. The third-order valence-corrected chi connectivity index (χ3v) is 6.28. The molecule has 5 nitrogen and oxygen atoms in total. The van der Waals surface area contributed by atoms with Gasteiger partial charge in [0, 0.05) is 6.04 Å². The van der Waals surface area contributed by atoms with E-state index in [1.54, 1.807) is 0 Å². The van der Waals surface area contributed by atoms with Crippen molar-refractivity contribution in [1.82, 2.24) is 5.32 Å². The first kappa shape index (κ1) is 17.3. The molecule has 4 bridgehead atoms. The minimum absolute atomic E-state index is 0.0566. The fraction of sp³-hybridized carbons (Fsp3) is 0.600. The van der Waals surface area contributed by atoms with Gasteiger partial charge in [0.25, 0.3) is 5.91 Å². The van der Waals surface area contributed by atoms with Crippen molar-refractivity contribution in [3.63, 3.8) is 0 Å². The zero-order chi connectivity index (χ0) is 18.3. The standard InChI is InChI=1S/C20H24FNO4/c1-25-17-3-2-13(9-16(17)21)20(24)26-10-18(23)22-19-14-5-11-4-12(7-14)8-15(19)6-11/h2-3,9,11-12,14-15,19H,4-8,10H2,1H3,(H,22,23). The molecule has 140 valence electrons. The molecule has 0 spiro atoms. The molecule has 0 heterocycles. The number of halogens is 1. The summed E-state index contributed by atoms with van der Waals surface area (Å²) in [5.41, 5.74) is 0.0609. The Morgan fingerprint density at radius 1 is 1.12 bits per heavy atom. The highest BCUT2D eigenvalue weighted by Gasteiger charge is 2.48. The second kappa shape index (κ2) is 6.89. The van der Waals surface area contributed by atoms with E-state index in [0.717, 1.165) is 17.9 Å². The second-order valence-corrected chi connectivity index (χ2v) is 7.95. The highest BCUT2D eigenvalue weighted by atomic mass is 19.1. The Kier molecular flexibility index (Phi) is 4.59. The molecule has 1 N–H and O–H groups in total. The lowest BCUT2D eigenvalue weighted by atomic mass is 9.54. The molecule has 0 saturated heterocycles. The summed E-state index contributed by atoms with van der Waals surface area (Å²) in [5.74, 6) is 1.25. The molecule has 0 aromatic heterocycles. The third kappa shape index (κ3) is 3.29. The number of rotatable bonds is 5. The van der Waals surface area contributed by atoms with Crippen LogP contribution in [0.2, 0.25) is 0 Å². The molecular formula is C20H24FNO4. The van der Waals surface area contributed by atoms with Crippen LogP contribution in [0.15, 0.2) is 18.2 Å². The summed E-state index contributed by atoms with van der Waals surface area (Å²) >= 11 is 0. The zero-order valence-electron chi connectivity index (χ0n) is 14.9. The van der Waals surface area contributed by atoms with E-state index in [-0.39, 0.29) is 29.9 Å². The van der Waals surface area contributed by atoms with E-state index in [4.69, 9.17) is 9.47 Å². The molecule has 0 atom stereocenters. The molecule has 1 aromatic rings. The van der Waals surface area contributed by atoms with Gasteiger partial charge < -0.3 is 14.8 Å². The van der Waals surface area contributed by atoms with E-state index in [9.17, 15) is 14.0 Å². The van der Waals surface area contributed by atoms with Crippen LogP contribution < -0.4 is 10.1 Å². The van der Waals surface area contributed by atoms with Crippen molar-refractivity contribution in [2.45, 2.75) is 38.1 Å². The predicted octanol–water partition coefficient (Wildman–Crippen LogP) is 2.93. The predicted molar refractivity (Wildman–Crippen MR) is 92.2 cm³/mol. The minimum Gasteiger partial charge on any atom is -0.494 e. The van der Waals surface area contributed by atoms with Crippen LogP contribution in [0.3, 0.4) is 0 Å². The first-order valence-corrected chi connectivity index (χ1v) is 9.33. The van der Waals surface area contributed by atoms with Gasteiger partial charge in [-0.1, -0.05) is 0 Å². The SMILES string of the molecule is COc1ccc(C(=O)OCC(=O)NC2C3CC4CC(C3)CC2C4)cc1F. The van der Waals surface area contributed by atoms with E-state index in [1.807, 2.05) is 0 Å². The molecule has 4 saturated carbocycles. The normalized spacial score (nSPS) is 31.5. The van der Waals surface area contributed by atoms with Gasteiger partial charge in [-0.25, -0.2) is 9.18 Å². The van der Waals surface area contributed by atoms with Crippen molar-refractivity contribution in [2.24, 2.45) is 23.7 Å². The van der Waals surface area contributed by atoms with Gasteiger partial charge in [-0.15, -0.1) is 0 Å². The van der Waals surface area contributed by atoms with Crippen LogP contribution in [0.25, 0.3) is 0 Å². The number of esters is 1. The molecule has 0 radical (unpaired) electrons. The maximum Gasteiger partial charge on any atom is 0.338 e. The summed E-state index contributed by atoms with van der Waals surface area (Å²) in [4.78, 5) is 24.3. The first-order valence-electron chi connectivity index (χ1n) is 9.33. The van der Waals surface area contributed by atoms with Crippen LogP contribution in [-0.2, 0) is 9.53 Å². The molecule has 1 aromatic carbocycles. The molecule has 6 heteroatoms. The van der Waals surface area contributed by atoms with E-state index in [2.05, 4.69) is 5.32 Å². The van der Waals surface area contributed by atoms with Gasteiger partial charge in [0.1, 0.15) is 0 Å². The molecule has 4 aliphatic rings. The first-order chi connectivity index (χ1) is 12.5. The molecule has 4 aliphatic carbocycles. The molecule has 0 unspecified atom stereocenters. The Hall–Kier alpha value is -2.11. The topological polar surface area (TPSA) is 64.6 Å². The quantitative estimate of drug-likeness (QED) is 0.819. The number of hydrogen-bond acceptors (Lipinski definition) is 4. The Balaban J connectivity index is 1.30. The Bertz CT molecular complexity index is 692. The summed E-state index contributed by atoms with van der Waals surface area (Å²) in [5, 5.41) is 3.09. The van der Waals surface area contributed by atoms with E-state index >= 15 is 0 Å². The van der Waals surface area contributed by atoms with Crippen LogP contribution in [-0.4, -0.2) is 31.6 Å². The highest BCUT2D eigenvalue weighted by molar-refractivity contribution is 5.91. The number of methoxy groups -OCH3 is 1. The van der Waals surface area contributed by atoms with Crippen LogP contribution >= 0.6 is 0 Å². The molecule has 1 amide bonds. The lowest BCUT2D eigenvalue weighted by Crippen LogP contribution is -2.56. The maximum atomic E-state index is 13.7. The Morgan fingerprint density at radius 3 is 2.35 bits per heavy atom. The lowest BCUT2D eigenvalue weighted by Gasteiger charge is -2.54. The van der Waals surface area contributed by atoms with Gasteiger partial charge in [0.05, 0.1) is 12.7 Å². The van der Waals surface area contributed by atoms with Crippen molar-refractivity contribution in [3.05, 3.63) is 29.6 Å². The number of carbonyl (C=O) groups is 2. The zero-order valence-corrected chi connectivity index (χ0v) is 14.9. The van der Waals surface area contributed by atoms with Gasteiger partial charge in [0.2, 0.25) is 0 Å². The van der Waals surface area contributed by atoms with Crippen LogP contribution in [0.1, 0.15) is 42.5 Å². The van der Waals surface area contributed by atoms with Gasteiger partial charge in [-0.2, -0.15) is 0 Å². The summed E-state index contributed by atoms with van der Waals surface area (Å²) in [6, 6.07) is 4.05. The van der Waals surface area contributed by atoms with Crippen molar-refractivity contribution in [1.29, 1.82) is 0 Å². The van der Waals surface area contributed by atoms with Crippen molar-refractivity contribution >= 4 is 11.9 Å². The molecule has 5 rings (SSSR count). The maximum absolute atomic E-state index is 13.7. The highest BCUT2D eigenvalue weighted by Crippen LogP contribution is 2.53. The van der Waals surface area contributed by atoms with Crippen molar-refractivity contribution in [3.8, 4) is 5.75 Å². The van der Waals surface area contributed by atoms with E-state index < -0.39 is 11.8 Å². The average molecular weight is 361 g/mol. The fourth-order valence-electron chi connectivity index (χ4n) is 5.40. The number of amides is 1. The third-order valence-electron chi connectivity index (χ3n) is 6.28. The monoisotopic (exact) mass is 361 g/mol. The van der Waals surface area contributed by atoms with Gasteiger partial charge in [0.15, 0.2) is 18.2 Å². The smallest absolute Gasteiger partial charge is 0.338 e. The van der Waals surface area contributed by atoms with E-state index in [1.165, 1.54) is 51.3 Å². The number of hydrogen-bond donors (Lipinski definition) is 1. The molecule has 4 fully saturated rings. The molecule has 26 heavy (non-hydrogen) atoms. The Labute approximate surface area is 152 Å². The van der Waals surface area contributed by atoms with Crippen molar-refractivity contribution in [2.75, 3.05) is 13.7 Å². The van der Waals surface area contributed by atoms with Gasteiger partial charge in [-0.05, 0) is 74.0 Å². The van der Waals surface area contributed by atoms with Crippen LogP contribution in [0, 0.1) is 29.5 Å². The summed E-state index contributed by atoms with van der Waals surface area (Å²) in [6.07, 6.45) is 6.21. The number of nitrogens with one attached hydrogen (secondary N) is 1. The van der Waals surface area contributed by atoms with Crippen LogP contribution in [0.5, 0.6) is 5.75 Å². The summed E-state index contributed by atoms with van der Waals surface area (Å²) < 4.78 is 23.5. The lowest BCUT2D eigenvalue weighted by molar-refractivity contribution is -0.128. The van der Waals surface area contributed by atoms with Gasteiger partial charge >= 0.3 is 5.97 Å². The fourth-order valence-corrected chi connectivity index (χ4v) is 5.40. The molecular weight excluding hydrogens is 337 g/mol. The van der Waals surface area contributed by atoms with Crippen molar-refractivity contribution < 1.29 is 23.5 Å². The number of carbonyl (C=O) groups excluding carboxylic acids is 2. The Morgan fingerprint density at radius 2 is 1.77 bits per heavy atom. The summed E-state index contributed by atoms with van der Waals surface area (Å²) in [6.45, 7) is -0.338. The van der Waals surface area contributed by atoms with E-state index in [0.29, 0.717) is 11.8 Å². The number of benzene rings is 1.